The van der Waals surface area contributed by atoms with Crippen LogP contribution in [0.15, 0.2) is 41.3 Å². The van der Waals surface area contributed by atoms with Crippen molar-refractivity contribution in [2.24, 2.45) is 5.92 Å². The van der Waals surface area contributed by atoms with Crippen molar-refractivity contribution < 1.29 is 4.79 Å². The largest absolute Gasteiger partial charge is 0.353 e. The second kappa shape index (κ2) is 6.78. The summed E-state index contributed by atoms with van der Waals surface area (Å²) in [5.41, 5.74) is 1.23. The molecule has 3 aromatic rings. The maximum absolute atomic E-state index is 12.5. The molecule has 28 heavy (non-hydrogen) atoms. The van der Waals surface area contributed by atoms with E-state index < -0.39 is 0 Å². The Morgan fingerprint density at radius 1 is 1.11 bits per heavy atom. The number of aromatic amines is 1. The van der Waals surface area contributed by atoms with Gasteiger partial charge < -0.3 is 10.2 Å². The number of aromatic nitrogens is 4. The number of hydrogen-bond donors (Lipinski definition) is 2. The molecule has 3 heterocycles. The van der Waals surface area contributed by atoms with Crippen molar-refractivity contribution >= 4 is 22.9 Å². The fraction of sp³-hybridized carbons (Fsp3) is 0.400. The van der Waals surface area contributed by atoms with E-state index in [4.69, 9.17) is 4.98 Å². The SMILES string of the molecule is O=C(NC1CCN(c2nc3c(cnn3-c3ccccc3)c(=O)[nH]2)CC1)C1CC1. The fourth-order valence-electron chi connectivity index (χ4n) is 3.71. The molecule has 0 spiro atoms. The Bertz CT molecular complexity index is 1060. The number of nitrogens with one attached hydrogen (secondary N) is 2. The van der Waals surface area contributed by atoms with Gasteiger partial charge in [0.2, 0.25) is 11.9 Å². The first-order valence-corrected chi connectivity index (χ1v) is 9.78. The molecule has 2 aromatic heterocycles. The van der Waals surface area contributed by atoms with Crippen molar-refractivity contribution in [1.82, 2.24) is 25.1 Å². The Morgan fingerprint density at radius 2 is 1.86 bits per heavy atom. The minimum absolute atomic E-state index is 0.189. The van der Waals surface area contributed by atoms with Crippen LogP contribution in [0.3, 0.4) is 0 Å². The number of H-pyrrole nitrogens is 1. The number of carbonyl (C=O) groups excluding carboxylic acids is 1. The number of para-hydroxylation sites is 1. The number of anilines is 1. The van der Waals surface area contributed by atoms with Crippen LogP contribution in [-0.2, 0) is 4.79 Å². The third-order valence-corrected chi connectivity index (χ3v) is 5.52. The zero-order valence-corrected chi connectivity index (χ0v) is 15.5. The van der Waals surface area contributed by atoms with Gasteiger partial charge in [0, 0.05) is 25.0 Å². The second-order valence-corrected chi connectivity index (χ2v) is 7.56. The monoisotopic (exact) mass is 378 g/mol. The van der Waals surface area contributed by atoms with E-state index in [1.54, 1.807) is 10.9 Å². The Morgan fingerprint density at radius 3 is 2.57 bits per heavy atom. The molecule has 1 aliphatic heterocycles. The number of nitrogens with zero attached hydrogens (tertiary/aromatic N) is 4. The molecule has 5 rings (SSSR count). The van der Waals surface area contributed by atoms with Gasteiger partial charge in [-0.05, 0) is 37.8 Å². The summed E-state index contributed by atoms with van der Waals surface area (Å²) in [5, 5.41) is 7.97. The van der Waals surface area contributed by atoms with Crippen LogP contribution < -0.4 is 15.8 Å². The van der Waals surface area contributed by atoms with Gasteiger partial charge >= 0.3 is 0 Å². The minimum Gasteiger partial charge on any atom is -0.353 e. The highest BCUT2D eigenvalue weighted by atomic mass is 16.2. The normalized spacial score (nSPS) is 17.8. The summed E-state index contributed by atoms with van der Waals surface area (Å²) in [6.07, 6.45) is 5.28. The minimum atomic E-state index is -0.189. The standard InChI is InChI=1S/C20H22N6O2/c27-18(13-6-7-13)22-14-8-10-25(11-9-14)20-23-17-16(19(28)24-20)12-21-26(17)15-4-2-1-3-5-15/h1-5,12-14H,6-11H2,(H,22,27)(H,23,24,28). The predicted molar refractivity (Wildman–Crippen MR) is 106 cm³/mol. The van der Waals surface area contributed by atoms with E-state index in [0.717, 1.165) is 44.5 Å². The molecule has 1 aromatic carbocycles. The molecule has 8 heteroatoms. The number of hydrogen-bond acceptors (Lipinski definition) is 5. The molecule has 2 aliphatic rings. The summed E-state index contributed by atoms with van der Waals surface area (Å²) in [5.74, 6) is 0.983. The highest BCUT2D eigenvalue weighted by Gasteiger charge is 2.32. The molecule has 0 radical (unpaired) electrons. The van der Waals surface area contributed by atoms with E-state index >= 15 is 0 Å². The summed E-state index contributed by atoms with van der Waals surface area (Å²) >= 11 is 0. The Hall–Kier alpha value is -3.16. The second-order valence-electron chi connectivity index (χ2n) is 7.56. The van der Waals surface area contributed by atoms with Gasteiger partial charge in [-0.25, -0.2) is 4.68 Å². The smallest absolute Gasteiger partial charge is 0.263 e. The highest BCUT2D eigenvalue weighted by molar-refractivity contribution is 5.81. The molecule has 0 bridgehead atoms. The molecule has 2 N–H and O–H groups in total. The van der Waals surface area contributed by atoms with E-state index in [9.17, 15) is 9.59 Å². The van der Waals surface area contributed by atoms with Gasteiger partial charge in [-0.1, -0.05) is 18.2 Å². The van der Waals surface area contributed by atoms with E-state index in [-0.39, 0.29) is 23.4 Å². The van der Waals surface area contributed by atoms with Crippen LogP contribution >= 0.6 is 0 Å². The third-order valence-electron chi connectivity index (χ3n) is 5.52. The molecule has 0 unspecified atom stereocenters. The average molecular weight is 378 g/mol. The maximum Gasteiger partial charge on any atom is 0.263 e. The van der Waals surface area contributed by atoms with Gasteiger partial charge in [0.25, 0.3) is 5.56 Å². The quantitative estimate of drug-likeness (QED) is 0.719. The van der Waals surface area contributed by atoms with Crippen LogP contribution in [0.4, 0.5) is 5.95 Å². The topological polar surface area (TPSA) is 95.9 Å². The van der Waals surface area contributed by atoms with E-state index in [0.29, 0.717) is 17.0 Å². The molecule has 1 amide bonds. The van der Waals surface area contributed by atoms with Gasteiger partial charge in [-0.3, -0.25) is 14.6 Å². The third kappa shape index (κ3) is 3.15. The molecule has 2 fully saturated rings. The maximum atomic E-state index is 12.5. The summed E-state index contributed by atoms with van der Waals surface area (Å²) in [7, 11) is 0. The van der Waals surface area contributed by atoms with Crippen molar-refractivity contribution in [2.75, 3.05) is 18.0 Å². The summed E-state index contributed by atoms with van der Waals surface area (Å²) < 4.78 is 1.69. The summed E-state index contributed by atoms with van der Waals surface area (Å²) in [6, 6.07) is 9.86. The number of amides is 1. The van der Waals surface area contributed by atoms with Crippen LogP contribution in [0.25, 0.3) is 16.7 Å². The van der Waals surface area contributed by atoms with Crippen LogP contribution in [-0.4, -0.2) is 44.8 Å². The number of benzene rings is 1. The predicted octanol–water partition coefficient (Wildman–Crippen LogP) is 1.60. The first-order valence-electron chi connectivity index (χ1n) is 9.78. The van der Waals surface area contributed by atoms with Crippen molar-refractivity contribution in [1.29, 1.82) is 0 Å². The number of fused-ring (bicyclic) bond motifs is 1. The lowest BCUT2D eigenvalue weighted by atomic mass is 10.1. The molecule has 1 saturated carbocycles. The zero-order chi connectivity index (χ0) is 19.1. The molecule has 1 aliphatic carbocycles. The van der Waals surface area contributed by atoms with E-state index in [1.807, 2.05) is 30.3 Å². The van der Waals surface area contributed by atoms with Crippen molar-refractivity contribution in [2.45, 2.75) is 31.7 Å². The van der Waals surface area contributed by atoms with Gasteiger partial charge in [0.05, 0.1) is 11.9 Å². The Labute approximate surface area is 161 Å². The highest BCUT2D eigenvalue weighted by Crippen LogP contribution is 2.29. The van der Waals surface area contributed by atoms with Crippen LogP contribution in [0, 0.1) is 5.92 Å². The van der Waals surface area contributed by atoms with Gasteiger partial charge in [0.1, 0.15) is 5.39 Å². The Kier molecular flexibility index (Phi) is 4.11. The van der Waals surface area contributed by atoms with Gasteiger partial charge in [0.15, 0.2) is 5.65 Å². The summed E-state index contributed by atoms with van der Waals surface area (Å²) in [6.45, 7) is 1.48. The lowest BCUT2D eigenvalue weighted by Crippen LogP contribution is -2.45. The first-order chi connectivity index (χ1) is 13.7. The van der Waals surface area contributed by atoms with Crippen LogP contribution in [0.1, 0.15) is 25.7 Å². The Balaban J connectivity index is 1.38. The average Bonchev–Trinajstić information content (AvgIpc) is 3.49. The van der Waals surface area contributed by atoms with Crippen LogP contribution in [0.2, 0.25) is 0 Å². The zero-order valence-electron chi connectivity index (χ0n) is 15.5. The number of rotatable bonds is 4. The number of piperidine rings is 1. The van der Waals surface area contributed by atoms with Crippen molar-refractivity contribution in [3.8, 4) is 5.69 Å². The molecule has 144 valence electrons. The summed E-state index contributed by atoms with van der Waals surface area (Å²) in [4.78, 5) is 34.2. The molecule has 1 saturated heterocycles. The van der Waals surface area contributed by atoms with Crippen molar-refractivity contribution in [3.05, 3.63) is 46.9 Å². The van der Waals surface area contributed by atoms with Crippen LogP contribution in [0.5, 0.6) is 0 Å². The molecular formula is C20H22N6O2. The van der Waals surface area contributed by atoms with Gasteiger partial charge in [-0.2, -0.15) is 10.1 Å². The molecular weight excluding hydrogens is 356 g/mol. The number of carbonyl (C=O) groups is 1. The van der Waals surface area contributed by atoms with E-state index in [1.165, 1.54) is 0 Å². The first kappa shape index (κ1) is 17.0. The van der Waals surface area contributed by atoms with E-state index in [2.05, 4.69) is 20.3 Å². The van der Waals surface area contributed by atoms with Crippen molar-refractivity contribution in [3.63, 3.8) is 0 Å². The molecule has 8 nitrogen and oxygen atoms in total. The fourth-order valence-corrected chi connectivity index (χ4v) is 3.71. The molecule has 0 atom stereocenters. The lowest BCUT2D eigenvalue weighted by molar-refractivity contribution is -0.123. The van der Waals surface area contributed by atoms with Gasteiger partial charge in [-0.15, -0.1) is 0 Å². The lowest BCUT2D eigenvalue weighted by Gasteiger charge is -2.32.